The molecule has 0 atom stereocenters. The molecule has 30 heavy (non-hydrogen) atoms. The Labute approximate surface area is 175 Å². The van der Waals surface area contributed by atoms with Crippen LogP contribution in [0.2, 0.25) is 0 Å². The number of amides is 2. The highest BCUT2D eigenvalue weighted by Crippen LogP contribution is 2.21. The summed E-state index contributed by atoms with van der Waals surface area (Å²) in [5.41, 5.74) is 2.48. The number of anilines is 1. The van der Waals surface area contributed by atoms with Crippen molar-refractivity contribution in [1.29, 1.82) is 0 Å². The summed E-state index contributed by atoms with van der Waals surface area (Å²) >= 11 is 0. The van der Waals surface area contributed by atoms with Crippen molar-refractivity contribution < 1.29 is 13.9 Å². The Bertz CT molecular complexity index is 998. The maximum atomic E-state index is 13.6. The zero-order valence-electron chi connectivity index (χ0n) is 16.9. The number of hydrogen-bond acceptors (Lipinski definition) is 3. The number of nitrogens with zero attached hydrogens (tertiary/aromatic N) is 2. The molecule has 3 aromatic rings. The van der Waals surface area contributed by atoms with Gasteiger partial charge in [-0.25, -0.2) is 9.18 Å². The number of ether oxygens (including phenoxy) is 1. The largest absolute Gasteiger partial charge is 0.379 e. The minimum absolute atomic E-state index is 0.247. The van der Waals surface area contributed by atoms with E-state index in [-0.39, 0.29) is 11.8 Å². The van der Waals surface area contributed by atoms with Gasteiger partial charge < -0.3 is 19.9 Å². The molecule has 2 heterocycles. The van der Waals surface area contributed by atoms with E-state index in [1.807, 2.05) is 18.2 Å². The fourth-order valence-electron chi connectivity index (χ4n) is 3.73. The molecule has 2 amide bonds. The monoisotopic (exact) mass is 410 g/mol. The first-order chi connectivity index (χ1) is 14.7. The van der Waals surface area contributed by atoms with Crippen molar-refractivity contribution in [2.24, 2.45) is 0 Å². The lowest BCUT2D eigenvalue weighted by Gasteiger charge is -2.26. The van der Waals surface area contributed by atoms with Crippen molar-refractivity contribution >= 4 is 22.6 Å². The molecule has 1 fully saturated rings. The number of hydrogen-bond donors (Lipinski definition) is 2. The zero-order valence-corrected chi connectivity index (χ0v) is 16.9. The second kappa shape index (κ2) is 9.73. The van der Waals surface area contributed by atoms with Crippen molar-refractivity contribution in [1.82, 2.24) is 14.8 Å². The summed E-state index contributed by atoms with van der Waals surface area (Å²) in [5, 5.41) is 6.72. The third kappa shape index (κ3) is 5.17. The molecule has 0 radical (unpaired) electrons. The van der Waals surface area contributed by atoms with Crippen LogP contribution in [0.3, 0.4) is 0 Å². The number of nitrogens with one attached hydrogen (secondary N) is 2. The Morgan fingerprint density at radius 1 is 1.07 bits per heavy atom. The number of halogens is 1. The standard InChI is InChI=1S/C23H27FN4O2/c24-21-4-2-1-3-18(21)7-9-25-23(29)26-20-5-6-22-19(17-20)8-10-28(22)12-11-27-13-15-30-16-14-27/h1-6,8,10,17H,7,9,11-16H2,(H2,25,26,29). The first-order valence-electron chi connectivity index (χ1n) is 10.4. The van der Waals surface area contributed by atoms with Crippen molar-refractivity contribution in [3.63, 3.8) is 0 Å². The molecule has 1 aliphatic heterocycles. The highest BCUT2D eigenvalue weighted by Gasteiger charge is 2.11. The summed E-state index contributed by atoms with van der Waals surface area (Å²) in [6, 6.07) is 14.3. The molecule has 1 aliphatic rings. The molecule has 0 aliphatic carbocycles. The number of carbonyl (C=O) groups is 1. The smallest absolute Gasteiger partial charge is 0.319 e. The van der Waals surface area contributed by atoms with Gasteiger partial charge in [0.15, 0.2) is 0 Å². The number of rotatable bonds is 7. The van der Waals surface area contributed by atoms with Crippen LogP contribution in [0, 0.1) is 5.82 Å². The van der Waals surface area contributed by atoms with E-state index in [0.717, 1.165) is 56.0 Å². The van der Waals surface area contributed by atoms with Gasteiger partial charge >= 0.3 is 6.03 Å². The third-order valence-electron chi connectivity index (χ3n) is 5.43. The molecule has 6 nitrogen and oxygen atoms in total. The van der Waals surface area contributed by atoms with Gasteiger partial charge in [-0.15, -0.1) is 0 Å². The van der Waals surface area contributed by atoms with Gasteiger partial charge in [0.1, 0.15) is 5.82 Å². The summed E-state index contributed by atoms with van der Waals surface area (Å²) in [5.74, 6) is -0.247. The number of aromatic nitrogens is 1. The van der Waals surface area contributed by atoms with Crippen LogP contribution < -0.4 is 10.6 Å². The van der Waals surface area contributed by atoms with E-state index >= 15 is 0 Å². The Kier molecular flexibility index (Phi) is 6.61. The minimum Gasteiger partial charge on any atom is -0.379 e. The topological polar surface area (TPSA) is 58.5 Å². The summed E-state index contributed by atoms with van der Waals surface area (Å²) in [6.45, 7) is 5.88. The average molecular weight is 410 g/mol. The van der Waals surface area contributed by atoms with Gasteiger partial charge in [0.25, 0.3) is 0 Å². The van der Waals surface area contributed by atoms with Crippen LogP contribution >= 0.6 is 0 Å². The van der Waals surface area contributed by atoms with Crippen LogP contribution in [-0.2, 0) is 17.7 Å². The first kappa shape index (κ1) is 20.4. The molecule has 2 N–H and O–H groups in total. The molecule has 0 unspecified atom stereocenters. The summed E-state index contributed by atoms with van der Waals surface area (Å²) in [7, 11) is 0. The lowest BCUT2D eigenvalue weighted by Crippen LogP contribution is -2.38. The molecule has 0 spiro atoms. The lowest BCUT2D eigenvalue weighted by atomic mass is 10.1. The van der Waals surface area contributed by atoms with Gasteiger partial charge in [-0.2, -0.15) is 0 Å². The van der Waals surface area contributed by atoms with E-state index in [1.165, 1.54) is 6.07 Å². The van der Waals surface area contributed by atoms with E-state index in [0.29, 0.717) is 18.5 Å². The van der Waals surface area contributed by atoms with Crippen LogP contribution in [-0.4, -0.2) is 54.9 Å². The predicted octanol–water partition coefficient (Wildman–Crippen LogP) is 3.48. The molecular weight excluding hydrogens is 383 g/mol. The Morgan fingerprint density at radius 2 is 1.90 bits per heavy atom. The minimum atomic E-state index is -0.294. The maximum Gasteiger partial charge on any atom is 0.319 e. The summed E-state index contributed by atoms with van der Waals surface area (Å²) in [4.78, 5) is 14.6. The van der Waals surface area contributed by atoms with Crippen LogP contribution in [0.1, 0.15) is 5.56 Å². The molecule has 2 aromatic carbocycles. The fourth-order valence-corrected chi connectivity index (χ4v) is 3.73. The zero-order chi connectivity index (χ0) is 20.8. The van der Waals surface area contributed by atoms with Gasteiger partial charge in [-0.3, -0.25) is 4.90 Å². The third-order valence-corrected chi connectivity index (χ3v) is 5.43. The normalized spacial score (nSPS) is 14.7. The first-order valence-corrected chi connectivity index (χ1v) is 10.4. The van der Waals surface area contributed by atoms with Crippen LogP contribution in [0.4, 0.5) is 14.9 Å². The van der Waals surface area contributed by atoms with Gasteiger partial charge in [-0.05, 0) is 42.3 Å². The van der Waals surface area contributed by atoms with Crippen molar-refractivity contribution in [3.05, 3.63) is 66.1 Å². The van der Waals surface area contributed by atoms with Crippen molar-refractivity contribution in [2.45, 2.75) is 13.0 Å². The maximum absolute atomic E-state index is 13.6. The van der Waals surface area contributed by atoms with E-state index in [1.54, 1.807) is 18.2 Å². The highest BCUT2D eigenvalue weighted by molar-refractivity contribution is 5.92. The summed E-state index contributed by atoms with van der Waals surface area (Å²) in [6.07, 6.45) is 2.54. The second-order valence-electron chi connectivity index (χ2n) is 7.46. The Morgan fingerprint density at radius 3 is 2.73 bits per heavy atom. The second-order valence-corrected chi connectivity index (χ2v) is 7.46. The number of fused-ring (bicyclic) bond motifs is 1. The molecule has 4 rings (SSSR count). The molecule has 1 saturated heterocycles. The van der Waals surface area contributed by atoms with Crippen molar-refractivity contribution in [3.8, 4) is 0 Å². The van der Waals surface area contributed by atoms with Gasteiger partial charge in [0.2, 0.25) is 0 Å². The average Bonchev–Trinajstić information content (AvgIpc) is 3.16. The van der Waals surface area contributed by atoms with Crippen LogP contribution in [0.15, 0.2) is 54.7 Å². The quantitative estimate of drug-likeness (QED) is 0.627. The number of morpholine rings is 1. The number of urea groups is 1. The van der Waals surface area contributed by atoms with E-state index in [4.69, 9.17) is 4.74 Å². The number of carbonyl (C=O) groups excluding carboxylic acids is 1. The highest BCUT2D eigenvalue weighted by atomic mass is 19.1. The van der Waals surface area contributed by atoms with Gasteiger partial charge in [0, 0.05) is 55.5 Å². The van der Waals surface area contributed by atoms with Crippen LogP contribution in [0.5, 0.6) is 0 Å². The van der Waals surface area contributed by atoms with Gasteiger partial charge in [0.05, 0.1) is 13.2 Å². The fraction of sp³-hybridized carbons (Fsp3) is 0.348. The van der Waals surface area contributed by atoms with Gasteiger partial charge in [-0.1, -0.05) is 18.2 Å². The molecule has 1 aromatic heterocycles. The SMILES string of the molecule is O=C(NCCc1ccccc1F)Nc1ccc2c(ccn2CCN2CCOCC2)c1. The van der Waals surface area contributed by atoms with Crippen molar-refractivity contribution in [2.75, 3.05) is 44.7 Å². The Hall–Kier alpha value is -2.90. The predicted molar refractivity (Wildman–Crippen MR) is 116 cm³/mol. The summed E-state index contributed by atoms with van der Waals surface area (Å²) < 4.78 is 21.3. The number of benzene rings is 2. The van der Waals surface area contributed by atoms with E-state index in [2.05, 4.69) is 32.4 Å². The molecule has 0 saturated carbocycles. The van der Waals surface area contributed by atoms with E-state index < -0.39 is 0 Å². The Balaban J connectivity index is 1.29. The lowest BCUT2D eigenvalue weighted by molar-refractivity contribution is 0.0365. The molecular formula is C23H27FN4O2. The van der Waals surface area contributed by atoms with Crippen LogP contribution in [0.25, 0.3) is 10.9 Å². The van der Waals surface area contributed by atoms with E-state index in [9.17, 15) is 9.18 Å². The molecule has 0 bridgehead atoms. The molecule has 7 heteroatoms. The molecule has 158 valence electrons.